The first-order valence-corrected chi connectivity index (χ1v) is 47.2. The van der Waals surface area contributed by atoms with Crippen LogP contribution in [0.3, 0.4) is 0 Å². The summed E-state index contributed by atoms with van der Waals surface area (Å²) in [6.07, 6.45) is 4.04. The predicted molar refractivity (Wildman–Crippen MR) is 566 cm³/mol. The van der Waals surface area contributed by atoms with Crippen molar-refractivity contribution >= 4 is 107 Å². The van der Waals surface area contributed by atoms with Gasteiger partial charge in [0.25, 0.3) is 0 Å². The fourth-order valence-corrected chi connectivity index (χ4v) is 21.6. The highest BCUT2D eigenvalue weighted by atomic mass is 32.1. The second-order valence-corrected chi connectivity index (χ2v) is 36.2. The van der Waals surface area contributed by atoms with E-state index in [2.05, 4.69) is 397 Å². The first-order valence-electron chi connectivity index (χ1n) is 45.6. The van der Waals surface area contributed by atoms with Gasteiger partial charge >= 0.3 is 0 Å². The van der Waals surface area contributed by atoms with E-state index in [-0.39, 0.29) is 0 Å². The molecule has 0 saturated heterocycles. The Bertz CT molecular complexity index is 8820. The average Bonchev–Trinajstić information content (AvgIpc) is 1.56. The topological polar surface area (TPSA) is 113 Å². The predicted octanol–water partition coefficient (Wildman–Crippen LogP) is 32.8. The van der Waals surface area contributed by atoms with E-state index in [0.717, 1.165) is 139 Å². The minimum atomic E-state index is 0.546. The van der Waals surface area contributed by atoms with Gasteiger partial charge in [0.2, 0.25) is 0 Å². The Kier molecular flexibility index (Phi) is 20.4. The fourth-order valence-electron chi connectivity index (χ4n) is 19.4. The van der Waals surface area contributed by atoms with Crippen LogP contribution in [0.25, 0.3) is 253 Å². The Hall–Kier alpha value is -17.7. The molecule has 18 aromatic carbocycles. The van der Waals surface area contributed by atoms with Crippen molar-refractivity contribution in [1.29, 1.82) is 0 Å². The van der Waals surface area contributed by atoms with Gasteiger partial charge in [0.05, 0.1) is 33.5 Å². The molecule has 0 radical (unpaired) electrons. The third kappa shape index (κ3) is 14.8. The molecule has 26 aromatic rings. The monoisotopic (exact) mass is 1770 g/mol. The largest absolute Gasteiger partial charge is 0.309 e. The second kappa shape index (κ2) is 34.6. The van der Waals surface area contributed by atoms with Crippen molar-refractivity contribution in [2.45, 2.75) is 0 Å². The minimum absolute atomic E-state index is 0.546. The summed E-state index contributed by atoms with van der Waals surface area (Å²) in [6, 6.07) is 163. The smallest absolute Gasteiger partial charge is 0.166 e. The number of aromatic nitrogens is 10. The van der Waals surface area contributed by atoms with Crippen molar-refractivity contribution < 1.29 is 0 Å². The lowest BCUT2D eigenvalue weighted by Gasteiger charge is -2.16. The number of pyridine rings is 2. The van der Waals surface area contributed by atoms with Crippen LogP contribution >= 0.6 is 22.7 Å². The highest BCUT2D eigenvalue weighted by Crippen LogP contribution is 2.51. The van der Waals surface area contributed by atoms with E-state index in [9.17, 15) is 0 Å². The van der Waals surface area contributed by atoms with Gasteiger partial charge in [-0.05, 0) is 171 Å². The van der Waals surface area contributed by atoms with Crippen LogP contribution in [0, 0.1) is 0 Å². The molecule has 0 bridgehead atoms. The molecule has 8 aromatic heterocycles. The Morgan fingerprint density at radius 1 is 0.169 bits per heavy atom. The Balaban J connectivity index is 0.000000145. The van der Waals surface area contributed by atoms with E-state index in [4.69, 9.17) is 39.9 Å². The van der Waals surface area contributed by atoms with Crippen molar-refractivity contribution in [3.05, 3.63) is 473 Å². The first kappa shape index (κ1) is 80.4. The zero-order valence-electron chi connectivity index (χ0n) is 73.3. The lowest BCUT2D eigenvalue weighted by molar-refractivity contribution is 1.07. The molecule has 136 heavy (non-hydrogen) atoms. The fraction of sp³-hybridized carbons (Fsp3) is 0. The number of rotatable bonds is 16. The van der Waals surface area contributed by atoms with Crippen molar-refractivity contribution in [2.24, 2.45) is 0 Å². The van der Waals surface area contributed by atoms with Crippen LogP contribution in [0.5, 0.6) is 0 Å². The van der Waals surface area contributed by atoms with E-state index in [1.165, 1.54) is 78.6 Å². The standard InChI is InChI=1S/2C62H39N5S/c1-6-19-40(20-7-1)44-35-45(41-21-8-2-9-22-41)37-46(36-44)47-38-52(62-65-60(42-23-10-3-11-24-42)64-61(66-62)43-25-12-4-13-26-43)58(63-39-47)51-30-18-32-54-56(51)57-55(68-54)34-33-50-49-29-16-17-31-53(49)67(59(50)57)48-27-14-5-15-28-48;1-6-18-40(19-7-1)45-34-46(41-20-8-2-9-21-41)36-47(35-45)48-38-53(62-65-60(42-22-10-3-11-23-42)64-61(66-62)43-24-12-4-13-25-43)58(63-39-48)44-30-32-55-52(37-44)57-56(68-55)33-31-51-50-28-16-17-29-54(50)67(59(51)57)49-26-14-5-15-27-49/h2*1-39H. The number of nitrogens with zero attached hydrogens (tertiary/aromatic N) is 10. The van der Waals surface area contributed by atoms with Crippen LogP contribution < -0.4 is 0 Å². The number of hydrogen-bond acceptors (Lipinski definition) is 10. The molecule has 0 fully saturated rings. The number of benzene rings is 18. The van der Waals surface area contributed by atoms with E-state index in [1.807, 2.05) is 108 Å². The Morgan fingerprint density at radius 2 is 0.478 bits per heavy atom. The molecule has 0 N–H and O–H groups in total. The summed E-state index contributed by atoms with van der Waals surface area (Å²) in [5.74, 6) is 3.47. The van der Waals surface area contributed by atoms with Crippen LogP contribution in [0.2, 0.25) is 0 Å². The minimum Gasteiger partial charge on any atom is -0.309 e. The molecule has 636 valence electrons. The number of thiophene rings is 2. The summed E-state index contributed by atoms with van der Waals surface area (Å²) in [5, 5.41) is 9.64. The summed E-state index contributed by atoms with van der Waals surface area (Å²) < 4.78 is 9.70. The molecule has 12 heteroatoms. The molecular weight excluding hydrogens is 1690 g/mol. The lowest BCUT2D eigenvalue weighted by atomic mass is 9.92. The summed E-state index contributed by atoms with van der Waals surface area (Å²) in [4.78, 5) is 42.5. The van der Waals surface area contributed by atoms with Gasteiger partial charge in [0.15, 0.2) is 34.9 Å². The molecule has 0 aliphatic carbocycles. The maximum absolute atomic E-state index is 5.55. The Morgan fingerprint density at radius 3 is 0.882 bits per heavy atom. The van der Waals surface area contributed by atoms with Gasteiger partial charge in [0.1, 0.15) is 0 Å². The van der Waals surface area contributed by atoms with Crippen LogP contribution in [0.4, 0.5) is 0 Å². The van der Waals surface area contributed by atoms with Crippen LogP contribution in [0.15, 0.2) is 473 Å². The molecule has 0 unspecified atom stereocenters. The summed E-state index contributed by atoms with van der Waals surface area (Å²) >= 11 is 3.64. The van der Waals surface area contributed by atoms with Gasteiger partial charge in [-0.15, -0.1) is 22.7 Å². The molecule has 0 saturated carbocycles. The van der Waals surface area contributed by atoms with Crippen LogP contribution in [-0.4, -0.2) is 49.0 Å². The maximum atomic E-state index is 5.55. The highest BCUT2D eigenvalue weighted by molar-refractivity contribution is 7.26. The molecular formula is C124H78N10S2. The molecule has 10 nitrogen and oxygen atoms in total. The van der Waals surface area contributed by atoms with E-state index in [0.29, 0.717) is 34.9 Å². The summed E-state index contributed by atoms with van der Waals surface area (Å²) in [7, 11) is 0. The molecule has 0 aliphatic heterocycles. The highest BCUT2D eigenvalue weighted by Gasteiger charge is 2.28. The zero-order chi connectivity index (χ0) is 89.9. The SMILES string of the molecule is c1ccc(-c2cc(-c3ccccc3)cc(-c3cnc(-c4ccc5sc6ccc7c8ccccc8n(-c8ccccc8)c7c6c5c4)c(-c4nc(-c5ccccc5)nc(-c5ccccc5)n4)c3)c2)cc1.c1ccc(-c2cc(-c3ccccc3)cc(-c3cnc(-c4cccc5sc6ccc7c8ccccc8n(-c8ccccc8)c7c6c45)c(-c4nc(-c5ccccc5)nc(-c5ccccc5)n4)c3)c2)cc1. The van der Waals surface area contributed by atoms with Gasteiger partial charge in [-0.3, -0.25) is 9.97 Å². The molecule has 8 heterocycles. The summed E-state index contributed by atoms with van der Waals surface area (Å²) in [6.45, 7) is 0. The average molecular weight is 1770 g/mol. The molecule has 0 aliphatic rings. The zero-order valence-corrected chi connectivity index (χ0v) is 75.0. The quantitative estimate of drug-likeness (QED) is 0.0940. The van der Waals surface area contributed by atoms with Gasteiger partial charge in [-0.2, -0.15) is 0 Å². The van der Waals surface area contributed by atoms with E-state index >= 15 is 0 Å². The van der Waals surface area contributed by atoms with Gasteiger partial charge in [-0.25, -0.2) is 29.9 Å². The van der Waals surface area contributed by atoms with Crippen molar-refractivity contribution in [2.75, 3.05) is 0 Å². The van der Waals surface area contributed by atoms with Crippen LogP contribution in [0.1, 0.15) is 0 Å². The van der Waals surface area contributed by atoms with E-state index < -0.39 is 0 Å². The molecule has 26 rings (SSSR count). The van der Waals surface area contributed by atoms with Crippen molar-refractivity contribution in [3.8, 4) is 169 Å². The van der Waals surface area contributed by atoms with Gasteiger partial charge in [-0.1, -0.05) is 346 Å². The number of hydrogen-bond donors (Lipinski definition) is 0. The third-order valence-electron chi connectivity index (χ3n) is 25.7. The first-order chi connectivity index (χ1) is 67.4. The van der Waals surface area contributed by atoms with Gasteiger partial charge in [0, 0.05) is 141 Å². The molecule has 0 atom stereocenters. The normalized spacial score (nSPS) is 11.5. The van der Waals surface area contributed by atoms with E-state index in [1.54, 1.807) is 0 Å². The maximum Gasteiger partial charge on any atom is 0.166 e. The Labute approximate surface area is 792 Å². The lowest BCUT2D eigenvalue weighted by Crippen LogP contribution is -2.02. The summed E-state index contributed by atoms with van der Waals surface area (Å²) in [5.41, 5.74) is 28.9. The number of para-hydroxylation sites is 4. The van der Waals surface area contributed by atoms with Gasteiger partial charge < -0.3 is 9.13 Å². The van der Waals surface area contributed by atoms with Crippen molar-refractivity contribution in [3.63, 3.8) is 0 Å². The van der Waals surface area contributed by atoms with Crippen molar-refractivity contribution in [1.82, 2.24) is 49.0 Å². The van der Waals surface area contributed by atoms with Crippen LogP contribution in [-0.2, 0) is 0 Å². The number of fused-ring (bicyclic) bond motifs is 14. The molecule has 0 amide bonds. The second-order valence-electron chi connectivity index (χ2n) is 34.0. The third-order valence-corrected chi connectivity index (χ3v) is 28.0. The molecule has 0 spiro atoms.